The highest BCUT2D eigenvalue weighted by Gasteiger charge is 2.20. The zero-order valence-electron chi connectivity index (χ0n) is 14.9. The number of carbonyl (C=O) groups is 2. The molecule has 1 heterocycles. The first-order valence-electron chi connectivity index (χ1n) is 8.66. The van der Waals surface area contributed by atoms with E-state index >= 15 is 0 Å². The lowest BCUT2D eigenvalue weighted by Gasteiger charge is -2.33. The minimum absolute atomic E-state index is 0.0122. The minimum Gasteiger partial charge on any atom is -0.372 e. The highest BCUT2D eigenvalue weighted by molar-refractivity contribution is 5.92. The van der Waals surface area contributed by atoms with Crippen molar-refractivity contribution >= 4 is 23.2 Å². The fourth-order valence-electron chi connectivity index (χ4n) is 2.97. The van der Waals surface area contributed by atoms with Crippen LogP contribution >= 0.6 is 0 Å². The molecule has 0 aliphatic carbocycles. The number of benzene rings is 1. The van der Waals surface area contributed by atoms with E-state index in [1.54, 1.807) is 6.92 Å². The van der Waals surface area contributed by atoms with E-state index in [0.717, 1.165) is 31.9 Å². The van der Waals surface area contributed by atoms with Crippen molar-refractivity contribution < 1.29 is 9.59 Å². The molecule has 1 N–H and O–H groups in total. The van der Waals surface area contributed by atoms with Gasteiger partial charge in [-0.15, -0.1) is 0 Å². The Morgan fingerprint density at radius 2 is 1.62 bits per heavy atom. The number of nitrogens with one attached hydrogen (secondary N) is 1. The summed E-state index contributed by atoms with van der Waals surface area (Å²) in [6, 6.07) is 7.96. The molecule has 2 rings (SSSR count). The molecule has 6 nitrogen and oxygen atoms in total. The van der Waals surface area contributed by atoms with Crippen molar-refractivity contribution in [3.05, 3.63) is 24.3 Å². The van der Waals surface area contributed by atoms with Crippen molar-refractivity contribution in [1.29, 1.82) is 0 Å². The Labute approximate surface area is 144 Å². The first kappa shape index (κ1) is 18.3. The van der Waals surface area contributed by atoms with Gasteiger partial charge in [0.15, 0.2) is 0 Å². The predicted octanol–water partition coefficient (Wildman–Crippen LogP) is 1.64. The third kappa shape index (κ3) is 4.96. The second-order valence-corrected chi connectivity index (χ2v) is 6.05. The maximum Gasteiger partial charge on any atom is 0.238 e. The van der Waals surface area contributed by atoms with Gasteiger partial charge in [0.2, 0.25) is 11.8 Å². The van der Waals surface area contributed by atoms with Crippen molar-refractivity contribution in [2.75, 3.05) is 56.0 Å². The number of carbonyl (C=O) groups excluding carboxylic acids is 2. The highest BCUT2D eigenvalue weighted by atomic mass is 16.2. The molecule has 0 spiro atoms. The summed E-state index contributed by atoms with van der Waals surface area (Å²) in [5, 5.41) is 2.95. The predicted molar refractivity (Wildman–Crippen MR) is 97.3 cm³/mol. The van der Waals surface area contributed by atoms with Gasteiger partial charge in [-0.2, -0.15) is 0 Å². The highest BCUT2D eigenvalue weighted by Crippen LogP contribution is 2.17. The molecule has 1 fully saturated rings. The van der Waals surface area contributed by atoms with Crippen molar-refractivity contribution in [1.82, 2.24) is 9.80 Å². The molecule has 24 heavy (non-hydrogen) atoms. The lowest BCUT2D eigenvalue weighted by molar-refractivity contribution is -0.130. The largest absolute Gasteiger partial charge is 0.372 e. The molecule has 0 bridgehead atoms. The molecule has 1 saturated heterocycles. The van der Waals surface area contributed by atoms with Crippen LogP contribution < -0.4 is 10.2 Å². The van der Waals surface area contributed by atoms with Gasteiger partial charge in [0.1, 0.15) is 0 Å². The van der Waals surface area contributed by atoms with Crippen LogP contribution in [-0.4, -0.2) is 67.4 Å². The summed E-state index contributed by atoms with van der Waals surface area (Å²) < 4.78 is 0. The Kier molecular flexibility index (Phi) is 6.61. The van der Waals surface area contributed by atoms with E-state index < -0.39 is 0 Å². The van der Waals surface area contributed by atoms with Gasteiger partial charge in [0, 0.05) is 57.6 Å². The molecule has 1 aromatic carbocycles. The first-order valence-corrected chi connectivity index (χ1v) is 8.66. The van der Waals surface area contributed by atoms with E-state index in [-0.39, 0.29) is 11.8 Å². The van der Waals surface area contributed by atoms with Gasteiger partial charge in [-0.1, -0.05) is 0 Å². The number of hydrogen-bond donors (Lipinski definition) is 1. The molecule has 1 aromatic rings. The standard InChI is InChI=1S/C18H28N4O2/c1-4-21(5-2)17-8-6-16(7-9-17)19-18(24)14-20-10-12-22(13-11-20)15(3)23/h6-9H,4-5,10-14H2,1-3H3,(H,19,24). The molecule has 0 aromatic heterocycles. The van der Waals surface area contributed by atoms with Gasteiger partial charge in [-0.05, 0) is 38.1 Å². The molecule has 0 radical (unpaired) electrons. The second kappa shape index (κ2) is 8.68. The molecule has 6 heteroatoms. The zero-order chi connectivity index (χ0) is 17.5. The fraction of sp³-hybridized carbons (Fsp3) is 0.556. The van der Waals surface area contributed by atoms with E-state index in [9.17, 15) is 9.59 Å². The van der Waals surface area contributed by atoms with Crippen LogP contribution in [0, 0.1) is 0 Å². The van der Waals surface area contributed by atoms with Gasteiger partial charge in [-0.3, -0.25) is 14.5 Å². The topological polar surface area (TPSA) is 55.9 Å². The Bertz CT molecular complexity index is 547. The van der Waals surface area contributed by atoms with Gasteiger partial charge in [0.25, 0.3) is 0 Å². The lowest BCUT2D eigenvalue weighted by atomic mass is 10.2. The van der Waals surface area contributed by atoms with Crippen molar-refractivity contribution in [3.8, 4) is 0 Å². The molecule has 1 aliphatic rings. The molecular weight excluding hydrogens is 304 g/mol. The lowest BCUT2D eigenvalue weighted by Crippen LogP contribution is -2.49. The van der Waals surface area contributed by atoms with E-state index in [4.69, 9.17) is 0 Å². The second-order valence-electron chi connectivity index (χ2n) is 6.05. The Morgan fingerprint density at radius 1 is 1.04 bits per heavy atom. The summed E-state index contributed by atoms with van der Waals surface area (Å²) in [5.74, 6) is 0.0919. The Morgan fingerprint density at radius 3 is 2.12 bits per heavy atom. The molecule has 0 unspecified atom stereocenters. The Balaban J connectivity index is 1.81. The van der Waals surface area contributed by atoms with Gasteiger partial charge in [0.05, 0.1) is 6.54 Å². The average Bonchev–Trinajstić information content (AvgIpc) is 2.58. The number of amides is 2. The van der Waals surface area contributed by atoms with Crippen LogP contribution in [0.3, 0.4) is 0 Å². The SMILES string of the molecule is CCN(CC)c1ccc(NC(=O)CN2CCN(C(C)=O)CC2)cc1. The molecule has 2 amide bonds. The van der Waals surface area contributed by atoms with Crippen LogP contribution in [0.1, 0.15) is 20.8 Å². The summed E-state index contributed by atoms with van der Waals surface area (Å²) in [7, 11) is 0. The number of piperazine rings is 1. The third-order valence-electron chi connectivity index (χ3n) is 4.46. The maximum absolute atomic E-state index is 12.2. The monoisotopic (exact) mass is 332 g/mol. The summed E-state index contributed by atoms with van der Waals surface area (Å²) in [5.41, 5.74) is 1.98. The van der Waals surface area contributed by atoms with Crippen LogP contribution in [0.15, 0.2) is 24.3 Å². The number of anilines is 2. The minimum atomic E-state index is -0.0122. The number of hydrogen-bond acceptors (Lipinski definition) is 4. The maximum atomic E-state index is 12.2. The number of nitrogens with zero attached hydrogens (tertiary/aromatic N) is 3. The molecule has 132 valence electrons. The van der Waals surface area contributed by atoms with Crippen molar-refractivity contribution in [2.24, 2.45) is 0 Å². The summed E-state index contributed by atoms with van der Waals surface area (Å²) in [4.78, 5) is 29.7. The van der Waals surface area contributed by atoms with E-state index in [2.05, 4.69) is 29.0 Å². The van der Waals surface area contributed by atoms with E-state index in [1.165, 1.54) is 5.69 Å². The molecule has 1 aliphatic heterocycles. The van der Waals surface area contributed by atoms with Crippen LogP contribution in [0.25, 0.3) is 0 Å². The number of rotatable bonds is 6. The fourth-order valence-corrected chi connectivity index (χ4v) is 2.97. The molecular formula is C18H28N4O2. The quantitative estimate of drug-likeness (QED) is 0.860. The average molecular weight is 332 g/mol. The zero-order valence-corrected chi connectivity index (χ0v) is 14.9. The third-order valence-corrected chi connectivity index (χ3v) is 4.46. The van der Waals surface area contributed by atoms with Gasteiger partial charge in [-0.25, -0.2) is 0 Å². The van der Waals surface area contributed by atoms with Crippen molar-refractivity contribution in [3.63, 3.8) is 0 Å². The summed E-state index contributed by atoms with van der Waals surface area (Å²) in [6.45, 7) is 11.0. The van der Waals surface area contributed by atoms with Crippen molar-refractivity contribution in [2.45, 2.75) is 20.8 Å². The van der Waals surface area contributed by atoms with Crippen LogP contribution in [0.4, 0.5) is 11.4 Å². The van der Waals surface area contributed by atoms with Crippen LogP contribution in [-0.2, 0) is 9.59 Å². The molecule has 0 saturated carbocycles. The first-order chi connectivity index (χ1) is 11.5. The van der Waals surface area contributed by atoms with Gasteiger partial charge >= 0.3 is 0 Å². The van der Waals surface area contributed by atoms with E-state index in [0.29, 0.717) is 19.6 Å². The van der Waals surface area contributed by atoms with Crippen LogP contribution in [0.5, 0.6) is 0 Å². The summed E-state index contributed by atoms with van der Waals surface area (Å²) in [6.07, 6.45) is 0. The van der Waals surface area contributed by atoms with Crippen LogP contribution in [0.2, 0.25) is 0 Å². The van der Waals surface area contributed by atoms with Gasteiger partial charge < -0.3 is 15.1 Å². The Hall–Kier alpha value is -2.08. The molecule has 0 atom stereocenters. The normalized spacial score (nSPS) is 15.2. The van der Waals surface area contributed by atoms with E-state index in [1.807, 2.05) is 29.2 Å². The summed E-state index contributed by atoms with van der Waals surface area (Å²) >= 11 is 0. The smallest absolute Gasteiger partial charge is 0.238 e.